The van der Waals surface area contributed by atoms with Gasteiger partial charge in [0.2, 0.25) is 5.91 Å². The smallest absolute Gasteiger partial charge is 0.237 e. The first kappa shape index (κ1) is 21.3. The molecule has 4 nitrogen and oxygen atoms in total. The molecule has 0 aromatic rings. The van der Waals surface area contributed by atoms with Crippen LogP contribution >= 0.6 is 24.8 Å². The van der Waals surface area contributed by atoms with Gasteiger partial charge in [0.15, 0.2) is 0 Å². The lowest BCUT2D eigenvalue weighted by Crippen LogP contribution is -2.46. The number of carbonyl (C=O) groups is 1. The lowest BCUT2D eigenvalue weighted by molar-refractivity contribution is -0.123. The molecule has 116 valence electrons. The molecule has 0 spiro atoms. The third-order valence-corrected chi connectivity index (χ3v) is 3.94. The number of hydrogen-bond acceptors (Lipinski definition) is 3. The van der Waals surface area contributed by atoms with Crippen molar-refractivity contribution in [1.29, 1.82) is 0 Å². The summed E-state index contributed by atoms with van der Waals surface area (Å²) in [6, 6.07) is -0.358. The van der Waals surface area contributed by atoms with Crippen molar-refractivity contribution in [2.45, 2.75) is 39.7 Å². The van der Waals surface area contributed by atoms with Gasteiger partial charge in [-0.05, 0) is 31.3 Å². The fraction of sp³-hybridized carbons (Fsp3) is 0.923. The second kappa shape index (κ2) is 10.7. The monoisotopic (exact) mass is 313 g/mol. The molecule has 1 aliphatic heterocycles. The predicted molar refractivity (Wildman–Crippen MR) is 85.2 cm³/mol. The van der Waals surface area contributed by atoms with Crippen molar-refractivity contribution in [3.63, 3.8) is 0 Å². The maximum Gasteiger partial charge on any atom is 0.237 e. The average molecular weight is 314 g/mol. The summed E-state index contributed by atoms with van der Waals surface area (Å²) in [6.45, 7) is 10.4. The van der Waals surface area contributed by atoms with Crippen LogP contribution in [0.15, 0.2) is 0 Å². The first-order valence-electron chi connectivity index (χ1n) is 6.84. The van der Waals surface area contributed by atoms with Crippen molar-refractivity contribution in [3.8, 4) is 0 Å². The Morgan fingerprint density at radius 3 is 2.53 bits per heavy atom. The summed E-state index contributed by atoms with van der Waals surface area (Å²) in [5.74, 6) is 0.864. The van der Waals surface area contributed by atoms with E-state index in [1.165, 1.54) is 6.42 Å². The predicted octanol–water partition coefficient (Wildman–Crippen LogP) is 1.66. The Hall–Kier alpha value is -0.0300. The highest BCUT2D eigenvalue weighted by Crippen LogP contribution is 2.14. The zero-order chi connectivity index (χ0) is 12.8. The van der Waals surface area contributed by atoms with Crippen molar-refractivity contribution in [1.82, 2.24) is 10.2 Å². The summed E-state index contributed by atoms with van der Waals surface area (Å²) in [7, 11) is 0. The van der Waals surface area contributed by atoms with Crippen LogP contribution in [-0.2, 0) is 4.79 Å². The Kier molecular flexibility index (Phi) is 12.0. The molecule has 6 heteroatoms. The van der Waals surface area contributed by atoms with Crippen LogP contribution in [0.5, 0.6) is 0 Å². The molecule has 0 radical (unpaired) electrons. The number of nitrogens with zero attached hydrogens (tertiary/aromatic N) is 1. The van der Waals surface area contributed by atoms with Gasteiger partial charge in [-0.2, -0.15) is 0 Å². The van der Waals surface area contributed by atoms with E-state index in [4.69, 9.17) is 5.73 Å². The second-order valence-electron chi connectivity index (χ2n) is 5.20. The van der Waals surface area contributed by atoms with Crippen molar-refractivity contribution >= 4 is 30.7 Å². The zero-order valence-electron chi connectivity index (χ0n) is 12.2. The van der Waals surface area contributed by atoms with Gasteiger partial charge >= 0.3 is 0 Å². The van der Waals surface area contributed by atoms with Crippen molar-refractivity contribution < 1.29 is 4.79 Å². The van der Waals surface area contributed by atoms with E-state index in [9.17, 15) is 4.79 Å². The van der Waals surface area contributed by atoms with Crippen molar-refractivity contribution in [3.05, 3.63) is 0 Å². The molecule has 0 aromatic heterocycles. The molecule has 0 aromatic carbocycles. The van der Waals surface area contributed by atoms with E-state index < -0.39 is 0 Å². The second-order valence-corrected chi connectivity index (χ2v) is 5.20. The van der Waals surface area contributed by atoms with Gasteiger partial charge in [-0.15, -0.1) is 24.8 Å². The lowest BCUT2D eigenvalue weighted by Gasteiger charge is -2.19. The summed E-state index contributed by atoms with van der Waals surface area (Å²) in [5, 5.41) is 2.99. The van der Waals surface area contributed by atoms with Gasteiger partial charge in [-0.25, -0.2) is 0 Å². The zero-order valence-corrected chi connectivity index (χ0v) is 13.9. The summed E-state index contributed by atoms with van der Waals surface area (Å²) >= 11 is 0. The lowest BCUT2D eigenvalue weighted by atomic mass is 9.99. The molecular formula is C13H29Cl2N3O. The van der Waals surface area contributed by atoms with Gasteiger partial charge in [0, 0.05) is 13.1 Å². The SMILES string of the molecule is CCC(C)C(N)C(=O)NCC1CCN(CC)C1.Cl.Cl. The Labute approximate surface area is 129 Å². The number of nitrogens with one attached hydrogen (secondary N) is 1. The number of halogens is 2. The quantitative estimate of drug-likeness (QED) is 0.784. The van der Waals surface area contributed by atoms with E-state index in [0.717, 1.165) is 32.6 Å². The fourth-order valence-corrected chi connectivity index (χ4v) is 2.24. The molecule has 1 rings (SSSR count). The molecule has 1 saturated heterocycles. The molecule has 1 amide bonds. The number of nitrogens with two attached hydrogens (primary N) is 1. The normalized spacial score (nSPS) is 22.0. The largest absolute Gasteiger partial charge is 0.354 e. The molecule has 0 bridgehead atoms. The van der Waals surface area contributed by atoms with Gasteiger partial charge in [-0.3, -0.25) is 4.79 Å². The molecule has 3 unspecified atom stereocenters. The van der Waals surface area contributed by atoms with E-state index in [0.29, 0.717) is 5.92 Å². The first-order chi connectivity index (χ1) is 8.08. The number of carbonyl (C=O) groups excluding carboxylic acids is 1. The highest BCUT2D eigenvalue weighted by molar-refractivity contribution is 5.85. The van der Waals surface area contributed by atoms with E-state index in [1.54, 1.807) is 0 Å². The molecule has 19 heavy (non-hydrogen) atoms. The maximum atomic E-state index is 11.8. The molecule has 1 aliphatic rings. The van der Waals surface area contributed by atoms with Crippen LogP contribution in [0, 0.1) is 11.8 Å². The molecule has 1 fully saturated rings. The van der Waals surface area contributed by atoms with Crippen LogP contribution in [0.1, 0.15) is 33.6 Å². The average Bonchev–Trinajstić information content (AvgIpc) is 2.81. The van der Waals surface area contributed by atoms with Crippen LogP contribution in [0.3, 0.4) is 0 Å². The minimum absolute atomic E-state index is 0. The van der Waals surface area contributed by atoms with E-state index in [2.05, 4.69) is 24.1 Å². The topological polar surface area (TPSA) is 58.4 Å². The number of likely N-dealkylation sites (tertiary alicyclic amines) is 1. The van der Waals surface area contributed by atoms with Crippen LogP contribution in [0.25, 0.3) is 0 Å². The Balaban J connectivity index is 0. The van der Waals surface area contributed by atoms with E-state index in [1.807, 2.05) is 6.92 Å². The number of rotatable bonds is 6. The molecule has 0 saturated carbocycles. The molecule has 3 N–H and O–H groups in total. The third kappa shape index (κ3) is 6.80. The van der Waals surface area contributed by atoms with Crippen LogP contribution in [-0.4, -0.2) is 43.0 Å². The number of hydrogen-bond donors (Lipinski definition) is 2. The third-order valence-electron chi connectivity index (χ3n) is 3.94. The maximum absolute atomic E-state index is 11.8. The summed E-state index contributed by atoms with van der Waals surface area (Å²) < 4.78 is 0. The standard InChI is InChI=1S/C13H27N3O.2ClH/c1-4-10(3)12(14)13(17)15-8-11-6-7-16(5-2)9-11;;/h10-12H,4-9,14H2,1-3H3,(H,15,17);2*1H. The first-order valence-corrected chi connectivity index (χ1v) is 6.84. The van der Waals surface area contributed by atoms with Gasteiger partial charge in [0.05, 0.1) is 6.04 Å². The number of amides is 1. The van der Waals surface area contributed by atoms with Crippen LogP contribution in [0.4, 0.5) is 0 Å². The van der Waals surface area contributed by atoms with E-state index >= 15 is 0 Å². The summed E-state index contributed by atoms with van der Waals surface area (Å²) in [5.41, 5.74) is 5.89. The fourth-order valence-electron chi connectivity index (χ4n) is 2.24. The summed E-state index contributed by atoms with van der Waals surface area (Å²) in [6.07, 6.45) is 2.13. The molecular weight excluding hydrogens is 285 g/mol. The highest BCUT2D eigenvalue weighted by atomic mass is 35.5. The van der Waals surface area contributed by atoms with Crippen molar-refractivity contribution in [2.24, 2.45) is 17.6 Å². The Morgan fingerprint density at radius 2 is 2.05 bits per heavy atom. The van der Waals surface area contributed by atoms with Gasteiger partial charge < -0.3 is 16.0 Å². The van der Waals surface area contributed by atoms with Gasteiger partial charge in [0.25, 0.3) is 0 Å². The Morgan fingerprint density at radius 1 is 1.42 bits per heavy atom. The van der Waals surface area contributed by atoms with E-state index in [-0.39, 0.29) is 42.7 Å². The van der Waals surface area contributed by atoms with Crippen LogP contribution < -0.4 is 11.1 Å². The van der Waals surface area contributed by atoms with Crippen LogP contribution in [0.2, 0.25) is 0 Å². The minimum Gasteiger partial charge on any atom is -0.354 e. The van der Waals surface area contributed by atoms with Gasteiger partial charge in [0.1, 0.15) is 0 Å². The highest BCUT2D eigenvalue weighted by Gasteiger charge is 2.24. The van der Waals surface area contributed by atoms with Crippen molar-refractivity contribution in [2.75, 3.05) is 26.2 Å². The molecule has 0 aliphatic carbocycles. The summed E-state index contributed by atoms with van der Waals surface area (Å²) in [4.78, 5) is 14.2. The molecule has 3 atom stereocenters. The molecule has 1 heterocycles. The van der Waals surface area contributed by atoms with Gasteiger partial charge in [-0.1, -0.05) is 27.2 Å². The Bertz CT molecular complexity index is 254. The minimum atomic E-state index is -0.358.